The van der Waals surface area contributed by atoms with Crippen molar-refractivity contribution >= 4 is 57.1 Å². The predicted octanol–water partition coefficient (Wildman–Crippen LogP) is 5.78. The summed E-state index contributed by atoms with van der Waals surface area (Å²) >= 11 is 9.43. The molecule has 0 aromatic heterocycles. The Morgan fingerprint density at radius 3 is 2.55 bits per heavy atom. The molecule has 8 nitrogen and oxygen atoms in total. The summed E-state index contributed by atoms with van der Waals surface area (Å²) in [6.45, 7) is 1.86. The fourth-order valence-electron chi connectivity index (χ4n) is 3.83. The Morgan fingerprint density at radius 2 is 1.84 bits per heavy atom. The first-order valence-corrected chi connectivity index (χ1v) is 12.9. The van der Waals surface area contributed by atoms with E-state index in [1.807, 2.05) is 37.3 Å². The zero-order valence-electron chi connectivity index (χ0n) is 20.7. The Kier molecular flexibility index (Phi) is 8.70. The average Bonchev–Trinajstić information content (AvgIpc) is 3.17. The first-order chi connectivity index (χ1) is 18.3. The van der Waals surface area contributed by atoms with E-state index in [0.717, 1.165) is 22.4 Å². The maximum atomic E-state index is 13.0. The Labute approximate surface area is 233 Å². The first-order valence-electron chi connectivity index (χ1n) is 11.8. The molecule has 4 rings (SSSR count). The number of ether oxygens (including phenoxy) is 2. The van der Waals surface area contributed by atoms with Crippen LogP contribution in [-0.2, 0) is 22.6 Å². The molecule has 0 radical (unpaired) electrons. The minimum atomic E-state index is -0.675. The van der Waals surface area contributed by atoms with Gasteiger partial charge < -0.3 is 20.1 Å². The van der Waals surface area contributed by atoms with Crippen molar-refractivity contribution in [2.75, 3.05) is 19.0 Å². The molecule has 196 valence electrons. The van der Waals surface area contributed by atoms with E-state index in [4.69, 9.17) is 21.1 Å². The maximum absolute atomic E-state index is 13.0. The van der Waals surface area contributed by atoms with Crippen LogP contribution in [0.25, 0.3) is 6.08 Å². The number of hydrogen-bond acceptors (Lipinski definition) is 5. The molecule has 1 aliphatic heterocycles. The third-order valence-electron chi connectivity index (χ3n) is 5.83. The Bertz CT molecular complexity index is 1410. The highest BCUT2D eigenvalue weighted by Crippen LogP contribution is 2.35. The van der Waals surface area contributed by atoms with Gasteiger partial charge in [0.25, 0.3) is 5.91 Å². The molecule has 3 aromatic carbocycles. The standard InChI is InChI=1S/C28H25BrClN3O5/c1-3-18-6-4-5-7-22(18)31-26(34)15-33-27(35)23(32-28(33)36)12-19-13-24(37-2)25(14-21(19)29)38-16-17-8-10-20(30)11-9-17/h4-14H,3,15-16H2,1-2H3,(H,31,34)(H,32,36)/b23-12+. The van der Waals surface area contributed by atoms with E-state index in [1.54, 1.807) is 30.3 Å². The first kappa shape index (κ1) is 27.2. The highest BCUT2D eigenvalue weighted by molar-refractivity contribution is 9.10. The highest BCUT2D eigenvalue weighted by atomic mass is 79.9. The third kappa shape index (κ3) is 6.35. The lowest BCUT2D eigenvalue weighted by molar-refractivity contribution is -0.127. The zero-order chi connectivity index (χ0) is 27.2. The van der Waals surface area contributed by atoms with Crippen LogP contribution in [0, 0.1) is 0 Å². The topological polar surface area (TPSA) is 97.0 Å². The quantitative estimate of drug-likeness (QED) is 0.240. The van der Waals surface area contributed by atoms with Crippen LogP contribution in [0.15, 0.2) is 70.8 Å². The van der Waals surface area contributed by atoms with E-state index in [-0.39, 0.29) is 5.70 Å². The van der Waals surface area contributed by atoms with Gasteiger partial charge in [0.15, 0.2) is 11.5 Å². The van der Waals surface area contributed by atoms with Gasteiger partial charge in [-0.3, -0.25) is 9.59 Å². The number of urea groups is 1. The molecule has 1 heterocycles. The zero-order valence-corrected chi connectivity index (χ0v) is 23.1. The van der Waals surface area contributed by atoms with Crippen LogP contribution in [0.2, 0.25) is 5.02 Å². The van der Waals surface area contributed by atoms with Crippen LogP contribution in [-0.4, -0.2) is 36.4 Å². The van der Waals surface area contributed by atoms with E-state index in [1.165, 1.54) is 13.2 Å². The summed E-state index contributed by atoms with van der Waals surface area (Å²) in [4.78, 5) is 38.9. The fourth-order valence-corrected chi connectivity index (χ4v) is 4.39. The van der Waals surface area contributed by atoms with Crippen LogP contribution < -0.4 is 20.1 Å². The molecule has 0 spiro atoms. The Balaban J connectivity index is 1.47. The van der Waals surface area contributed by atoms with Crippen LogP contribution >= 0.6 is 27.5 Å². The number of benzene rings is 3. The van der Waals surface area contributed by atoms with Gasteiger partial charge in [-0.1, -0.05) is 64.8 Å². The second-order valence-electron chi connectivity index (χ2n) is 8.38. The van der Waals surface area contributed by atoms with Crippen LogP contribution in [0.5, 0.6) is 11.5 Å². The van der Waals surface area contributed by atoms with Gasteiger partial charge in [-0.25, -0.2) is 9.69 Å². The summed E-state index contributed by atoms with van der Waals surface area (Å²) in [5, 5.41) is 5.95. The van der Waals surface area contributed by atoms with Crippen molar-refractivity contribution in [2.24, 2.45) is 0 Å². The van der Waals surface area contributed by atoms with Crippen molar-refractivity contribution in [3.8, 4) is 11.5 Å². The minimum absolute atomic E-state index is 0.0364. The van der Waals surface area contributed by atoms with Crippen molar-refractivity contribution in [2.45, 2.75) is 20.0 Å². The van der Waals surface area contributed by atoms with Gasteiger partial charge in [0.05, 0.1) is 7.11 Å². The SMILES string of the molecule is CCc1ccccc1NC(=O)CN1C(=O)N/C(=C/c2cc(OC)c(OCc3ccc(Cl)cc3)cc2Br)C1=O. The molecule has 0 bridgehead atoms. The number of carbonyl (C=O) groups is 3. The van der Waals surface area contributed by atoms with Crippen LogP contribution in [0.4, 0.5) is 10.5 Å². The smallest absolute Gasteiger partial charge is 0.329 e. The second kappa shape index (κ2) is 12.1. The number of aryl methyl sites for hydroxylation is 1. The molecule has 2 N–H and O–H groups in total. The summed E-state index contributed by atoms with van der Waals surface area (Å²) < 4.78 is 12.0. The van der Waals surface area contributed by atoms with E-state index in [9.17, 15) is 14.4 Å². The molecular formula is C28H25BrClN3O5. The molecular weight excluding hydrogens is 574 g/mol. The van der Waals surface area contributed by atoms with Crippen LogP contribution in [0.3, 0.4) is 0 Å². The van der Waals surface area contributed by atoms with Gasteiger partial charge in [-0.2, -0.15) is 0 Å². The number of anilines is 1. The normalized spacial score (nSPS) is 14.0. The van der Waals surface area contributed by atoms with Gasteiger partial charge >= 0.3 is 6.03 Å². The summed E-state index contributed by atoms with van der Waals surface area (Å²) in [6, 6.07) is 17.4. The molecule has 0 unspecified atom stereocenters. The number of para-hydroxylation sites is 1. The number of amides is 4. The summed E-state index contributed by atoms with van der Waals surface area (Å²) in [5.74, 6) is -0.149. The molecule has 0 atom stereocenters. The largest absolute Gasteiger partial charge is 0.493 e. The second-order valence-corrected chi connectivity index (χ2v) is 9.67. The van der Waals surface area contributed by atoms with E-state index in [0.29, 0.717) is 38.9 Å². The van der Waals surface area contributed by atoms with E-state index >= 15 is 0 Å². The van der Waals surface area contributed by atoms with Crippen molar-refractivity contribution in [3.05, 3.63) is 92.5 Å². The minimum Gasteiger partial charge on any atom is -0.493 e. The van der Waals surface area contributed by atoms with Crippen molar-refractivity contribution in [1.82, 2.24) is 10.2 Å². The summed E-state index contributed by atoms with van der Waals surface area (Å²) in [7, 11) is 1.51. The molecule has 10 heteroatoms. The van der Waals surface area contributed by atoms with Gasteiger partial charge in [-0.15, -0.1) is 0 Å². The van der Waals surface area contributed by atoms with E-state index < -0.39 is 24.4 Å². The number of halogens is 2. The Morgan fingerprint density at radius 1 is 1.11 bits per heavy atom. The number of rotatable bonds is 9. The lowest BCUT2D eigenvalue weighted by atomic mass is 10.1. The number of methoxy groups -OCH3 is 1. The molecule has 0 aliphatic carbocycles. The summed E-state index contributed by atoms with van der Waals surface area (Å²) in [5.41, 5.74) is 3.15. The molecule has 3 aromatic rings. The van der Waals surface area contributed by atoms with Crippen LogP contribution in [0.1, 0.15) is 23.6 Å². The van der Waals surface area contributed by atoms with Gasteiger partial charge in [0, 0.05) is 15.2 Å². The van der Waals surface area contributed by atoms with Gasteiger partial charge in [0.1, 0.15) is 18.8 Å². The summed E-state index contributed by atoms with van der Waals surface area (Å²) in [6.07, 6.45) is 2.25. The lowest BCUT2D eigenvalue weighted by Crippen LogP contribution is -2.38. The van der Waals surface area contributed by atoms with Crippen molar-refractivity contribution in [3.63, 3.8) is 0 Å². The number of carbonyl (C=O) groups excluding carboxylic acids is 3. The predicted molar refractivity (Wildman–Crippen MR) is 149 cm³/mol. The molecule has 38 heavy (non-hydrogen) atoms. The number of hydrogen-bond donors (Lipinski definition) is 2. The number of nitrogens with zero attached hydrogens (tertiary/aromatic N) is 1. The van der Waals surface area contributed by atoms with Gasteiger partial charge in [-0.05, 0) is 59.5 Å². The lowest BCUT2D eigenvalue weighted by Gasteiger charge is -2.14. The average molecular weight is 599 g/mol. The number of imide groups is 1. The van der Waals surface area contributed by atoms with Gasteiger partial charge in [0.2, 0.25) is 5.91 Å². The van der Waals surface area contributed by atoms with Crippen molar-refractivity contribution < 1.29 is 23.9 Å². The number of nitrogens with one attached hydrogen (secondary N) is 2. The highest BCUT2D eigenvalue weighted by Gasteiger charge is 2.35. The molecule has 1 fully saturated rings. The molecule has 1 saturated heterocycles. The monoisotopic (exact) mass is 597 g/mol. The molecule has 1 aliphatic rings. The maximum Gasteiger partial charge on any atom is 0.329 e. The third-order valence-corrected chi connectivity index (χ3v) is 6.77. The van der Waals surface area contributed by atoms with E-state index in [2.05, 4.69) is 26.6 Å². The molecule has 4 amide bonds. The van der Waals surface area contributed by atoms with Crippen molar-refractivity contribution in [1.29, 1.82) is 0 Å². The fraction of sp³-hybridized carbons (Fsp3) is 0.179. The Hall–Kier alpha value is -3.82. The molecule has 0 saturated carbocycles.